The molecule has 18 heavy (non-hydrogen) atoms. The molecule has 0 spiro atoms. The number of rotatable bonds is 0. The topological polar surface area (TPSA) is 0 Å². The van der Waals surface area contributed by atoms with Crippen molar-refractivity contribution < 1.29 is 8.78 Å². The summed E-state index contributed by atoms with van der Waals surface area (Å²) in [6.45, 7) is 0. The smallest absolute Gasteiger partial charge is 0.124 e. The van der Waals surface area contributed by atoms with E-state index in [4.69, 9.17) is 0 Å². The molecule has 0 aliphatic rings. The zero-order valence-electron chi connectivity index (χ0n) is 9.37. The number of halogens is 2. The van der Waals surface area contributed by atoms with Crippen molar-refractivity contribution in [2.45, 2.75) is 0 Å². The summed E-state index contributed by atoms with van der Waals surface area (Å²) in [5.74, 6) is 9.95. The van der Waals surface area contributed by atoms with Crippen molar-refractivity contribution in [3.8, 4) is 23.7 Å². The summed E-state index contributed by atoms with van der Waals surface area (Å²) in [4.78, 5) is 0. The van der Waals surface area contributed by atoms with E-state index in [2.05, 4.69) is 23.7 Å². The molecule has 0 N–H and O–H groups in total. The largest absolute Gasteiger partial charge is 0.207 e. The van der Waals surface area contributed by atoms with Gasteiger partial charge in [-0.05, 0) is 48.2 Å². The lowest BCUT2D eigenvalue weighted by molar-refractivity contribution is 0.627. The Morgan fingerprint density at radius 1 is 0.667 bits per heavy atom. The SMILES string of the molecule is Fc1cccc(C#CC#Cc2cccc(F)c2)c1. The first-order valence-electron chi connectivity index (χ1n) is 5.27. The molecule has 2 rings (SSSR count). The van der Waals surface area contributed by atoms with E-state index in [0.29, 0.717) is 11.1 Å². The lowest BCUT2D eigenvalue weighted by Gasteiger charge is -1.88. The normalized spacial score (nSPS) is 8.78. The third-order valence-electron chi connectivity index (χ3n) is 2.13. The Morgan fingerprint density at radius 2 is 1.11 bits per heavy atom. The van der Waals surface area contributed by atoms with Crippen LogP contribution in [0.1, 0.15) is 11.1 Å². The molecule has 0 aliphatic heterocycles. The second-order valence-electron chi connectivity index (χ2n) is 3.52. The summed E-state index contributed by atoms with van der Waals surface area (Å²) in [6, 6.07) is 11.9. The Labute approximate surface area is 104 Å². The Morgan fingerprint density at radius 3 is 1.50 bits per heavy atom. The highest BCUT2D eigenvalue weighted by Crippen LogP contribution is 2.02. The lowest BCUT2D eigenvalue weighted by atomic mass is 10.2. The number of hydrogen-bond donors (Lipinski definition) is 0. The predicted molar refractivity (Wildman–Crippen MR) is 66.6 cm³/mol. The molecule has 2 aromatic rings. The van der Waals surface area contributed by atoms with Gasteiger partial charge in [-0.2, -0.15) is 0 Å². The fraction of sp³-hybridized carbons (Fsp3) is 0. The highest BCUT2D eigenvalue weighted by molar-refractivity contribution is 5.44. The van der Waals surface area contributed by atoms with E-state index in [0.717, 1.165) is 0 Å². The van der Waals surface area contributed by atoms with Crippen molar-refractivity contribution in [2.24, 2.45) is 0 Å². The van der Waals surface area contributed by atoms with Crippen molar-refractivity contribution in [1.82, 2.24) is 0 Å². The molecule has 0 unspecified atom stereocenters. The first kappa shape index (κ1) is 11.9. The predicted octanol–water partition coefficient (Wildman–Crippen LogP) is 3.37. The summed E-state index contributed by atoms with van der Waals surface area (Å²) in [5, 5.41) is 0. The van der Waals surface area contributed by atoms with Crippen LogP contribution in [0.15, 0.2) is 48.5 Å². The molecule has 2 heteroatoms. The molecule has 0 atom stereocenters. The van der Waals surface area contributed by atoms with Gasteiger partial charge in [0, 0.05) is 11.1 Å². The molecular weight excluding hydrogens is 230 g/mol. The van der Waals surface area contributed by atoms with Crippen LogP contribution in [-0.4, -0.2) is 0 Å². The maximum Gasteiger partial charge on any atom is 0.124 e. The summed E-state index contributed by atoms with van der Waals surface area (Å²) in [5.41, 5.74) is 1.12. The van der Waals surface area contributed by atoms with E-state index in [1.807, 2.05) is 0 Å². The zero-order valence-corrected chi connectivity index (χ0v) is 9.37. The van der Waals surface area contributed by atoms with E-state index in [1.54, 1.807) is 24.3 Å². The Kier molecular flexibility index (Phi) is 3.74. The van der Waals surface area contributed by atoms with Gasteiger partial charge in [-0.1, -0.05) is 24.0 Å². The van der Waals surface area contributed by atoms with E-state index in [1.165, 1.54) is 24.3 Å². The van der Waals surface area contributed by atoms with Crippen molar-refractivity contribution >= 4 is 0 Å². The standard InChI is InChI=1S/C16H8F2/c17-15-9-3-7-13(11-15)5-1-2-6-14-8-4-10-16(18)12-14/h3-4,7-12H. The van der Waals surface area contributed by atoms with Crippen LogP contribution >= 0.6 is 0 Å². The molecule has 0 saturated carbocycles. The average molecular weight is 238 g/mol. The van der Waals surface area contributed by atoms with Gasteiger partial charge in [0.2, 0.25) is 0 Å². The van der Waals surface area contributed by atoms with Crippen LogP contribution < -0.4 is 0 Å². The number of benzene rings is 2. The minimum Gasteiger partial charge on any atom is -0.207 e. The van der Waals surface area contributed by atoms with Gasteiger partial charge in [-0.25, -0.2) is 8.78 Å². The third kappa shape index (κ3) is 3.47. The Balaban J connectivity index is 2.14. The Bertz CT molecular complexity index is 618. The third-order valence-corrected chi connectivity index (χ3v) is 2.13. The van der Waals surface area contributed by atoms with E-state index in [9.17, 15) is 8.78 Å². The molecular formula is C16H8F2. The fourth-order valence-corrected chi connectivity index (χ4v) is 1.34. The maximum atomic E-state index is 12.8. The van der Waals surface area contributed by atoms with Crippen LogP contribution in [0.5, 0.6) is 0 Å². The van der Waals surface area contributed by atoms with Crippen molar-refractivity contribution in [2.75, 3.05) is 0 Å². The van der Waals surface area contributed by atoms with Crippen LogP contribution in [0.3, 0.4) is 0 Å². The summed E-state index contributed by atoms with van der Waals surface area (Å²) >= 11 is 0. The van der Waals surface area contributed by atoms with Crippen LogP contribution in [0.2, 0.25) is 0 Å². The highest BCUT2D eigenvalue weighted by atomic mass is 19.1. The van der Waals surface area contributed by atoms with Crippen molar-refractivity contribution in [1.29, 1.82) is 0 Å². The molecule has 2 aromatic carbocycles. The van der Waals surface area contributed by atoms with Gasteiger partial charge in [0.1, 0.15) is 11.6 Å². The van der Waals surface area contributed by atoms with Crippen LogP contribution in [-0.2, 0) is 0 Å². The van der Waals surface area contributed by atoms with E-state index in [-0.39, 0.29) is 11.6 Å². The van der Waals surface area contributed by atoms with Gasteiger partial charge in [0.15, 0.2) is 0 Å². The molecule has 0 aliphatic carbocycles. The summed E-state index contributed by atoms with van der Waals surface area (Å²) < 4.78 is 25.7. The molecule has 0 radical (unpaired) electrons. The minimum atomic E-state index is -0.333. The molecule has 0 saturated heterocycles. The monoisotopic (exact) mass is 238 g/mol. The van der Waals surface area contributed by atoms with Crippen LogP contribution in [0.4, 0.5) is 8.78 Å². The van der Waals surface area contributed by atoms with Gasteiger partial charge in [0.25, 0.3) is 0 Å². The van der Waals surface area contributed by atoms with Gasteiger partial charge in [-0.3, -0.25) is 0 Å². The van der Waals surface area contributed by atoms with Gasteiger partial charge < -0.3 is 0 Å². The lowest BCUT2D eigenvalue weighted by Crippen LogP contribution is -1.77. The highest BCUT2D eigenvalue weighted by Gasteiger charge is 1.90. The average Bonchev–Trinajstić information content (AvgIpc) is 2.35. The quantitative estimate of drug-likeness (QED) is 0.617. The second-order valence-corrected chi connectivity index (χ2v) is 3.52. The first-order chi connectivity index (χ1) is 8.74. The molecule has 86 valence electrons. The molecule has 0 nitrogen and oxygen atoms in total. The molecule has 0 heterocycles. The van der Waals surface area contributed by atoms with E-state index < -0.39 is 0 Å². The second kappa shape index (κ2) is 5.66. The molecule has 0 aromatic heterocycles. The molecule has 0 bridgehead atoms. The minimum absolute atomic E-state index is 0.333. The van der Waals surface area contributed by atoms with Gasteiger partial charge in [0.05, 0.1) is 0 Å². The number of hydrogen-bond acceptors (Lipinski definition) is 0. The fourth-order valence-electron chi connectivity index (χ4n) is 1.34. The van der Waals surface area contributed by atoms with Crippen molar-refractivity contribution in [3.05, 3.63) is 71.3 Å². The molecule has 0 fully saturated rings. The summed E-state index contributed by atoms with van der Waals surface area (Å²) in [6.07, 6.45) is 0. The van der Waals surface area contributed by atoms with Gasteiger partial charge >= 0.3 is 0 Å². The van der Waals surface area contributed by atoms with E-state index >= 15 is 0 Å². The first-order valence-corrected chi connectivity index (χ1v) is 5.27. The van der Waals surface area contributed by atoms with Crippen molar-refractivity contribution in [3.63, 3.8) is 0 Å². The van der Waals surface area contributed by atoms with Gasteiger partial charge in [-0.15, -0.1) is 0 Å². The van der Waals surface area contributed by atoms with Crippen LogP contribution in [0, 0.1) is 35.3 Å². The molecule has 0 amide bonds. The maximum absolute atomic E-state index is 12.8. The summed E-state index contributed by atoms with van der Waals surface area (Å²) in [7, 11) is 0. The van der Waals surface area contributed by atoms with Crippen LogP contribution in [0.25, 0.3) is 0 Å². The zero-order chi connectivity index (χ0) is 12.8. The Hall–Kier alpha value is -2.58.